The zero-order valence-electron chi connectivity index (χ0n) is 17.5. The fourth-order valence-corrected chi connectivity index (χ4v) is 4.63. The predicted molar refractivity (Wildman–Crippen MR) is 116 cm³/mol. The van der Waals surface area contributed by atoms with Crippen LogP contribution in [0.4, 0.5) is 5.95 Å². The normalized spacial score (nSPS) is 19.9. The van der Waals surface area contributed by atoms with Crippen LogP contribution < -0.4 is 10.2 Å². The number of aromatic nitrogens is 4. The smallest absolute Gasteiger partial charge is 0.230 e. The standard InChI is InChI=1S/C21H30N6O2S/c1-16-7-10-26(11-8-16)20-24-25-21(27(20)14-18-6-4-12-29-18)30-15-19(28)23-13-17-5-2-3-9-22-17/h2-3,5,9,16,18H,4,6-8,10-15H2,1H3,(H,23,28). The molecule has 0 aliphatic carbocycles. The number of pyridine rings is 1. The van der Waals surface area contributed by atoms with Crippen molar-refractivity contribution in [2.75, 3.05) is 30.3 Å². The summed E-state index contributed by atoms with van der Waals surface area (Å²) < 4.78 is 8.02. The van der Waals surface area contributed by atoms with Crippen molar-refractivity contribution in [3.05, 3.63) is 30.1 Å². The maximum absolute atomic E-state index is 12.3. The first-order chi connectivity index (χ1) is 14.7. The molecular weight excluding hydrogens is 400 g/mol. The van der Waals surface area contributed by atoms with Gasteiger partial charge >= 0.3 is 0 Å². The molecule has 2 aliphatic heterocycles. The quantitative estimate of drug-likeness (QED) is 0.644. The molecule has 4 rings (SSSR count). The summed E-state index contributed by atoms with van der Waals surface area (Å²) in [6, 6.07) is 5.68. The lowest BCUT2D eigenvalue weighted by Crippen LogP contribution is -2.35. The zero-order chi connectivity index (χ0) is 20.8. The molecule has 1 amide bonds. The van der Waals surface area contributed by atoms with Crippen LogP contribution in [0, 0.1) is 5.92 Å². The van der Waals surface area contributed by atoms with Gasteiger partial charge in [-0.3, -0.25) is 14.3 Å². The van der Waals surface area contributed by atoms with Gasteiger partial charge in [-0.1, -0.05) is 24.8 Å². The van der Waals surface area contributed by atoms with Crippen molar-refractivity contribution in [2.45, 2.75) is 57.0 Å². The predicted octanol–water partition coefficient (Wildman–Crippen LogP) is 2.50. The third-order valence-electron chi connectivity index (χ3n) is 5.70. The molecule has 2 aromatic rings. The van der Waals surface area contributed by atoms with Gasteiger partial charge in [-0.15, -0.1) is 10.2 Å². The number of piperidine rings is 1. The van der Waals surface area contributed by atoms with Gasteiger partial charge < -0.3 is 15.0 Å². The average Bonchev–Trinajstić information content (AvgIpc) is 3.43. The van der Waals surface area contributed by atoms with Crippen LogP contribution in [0.1, 0.15) is 38.3 Å². The van der Waals surface area contributed by atoms with E-state index in [-0.39, 0.29) is 12.0 Å². The second-order valence-electron chi connectivity index (χ2n) is 8.08. The van der Waals surface area contributed by atoms with E-state index in [9.17, 15) is 4.79 Å². The summed E-state index contributed by atoms with van der Waals surface area (Å²) in [5.41, 5.74) is 0.846. The highest BCUT2D eigenvalue weighted by Crippen LogP contribution is 2.28. The number of hydrogen-bond donors (Lipinski definition) is 1. The molecule has 2 saturated heterocycles. The molecule has 30 heavy (non-hydrogen) atoms. The lowest BCUT2D eigenvalue weighted by Gasteiger charge is -2.31. The highest BCUT2D eigenvalue weighted by molar-refractivity contribution is 7.99. The van der Waals surface area contributed by atoms with Crippen LogP contribution in [0.2, 0.25) is 0 Å². The van der Waals surface area contributed by atoms with E-state index < -0.39 is 0 Å². The molecule has 2 fully saturated rings. The summed E-state index contributed by atoms with van der Waals surface area (Å²) in [6.07, 6.45) is 6.43. The zero-order valence-corrected chi connectivity index (χ0v) is 18.3. The molecule has 1 N–H and O–H groups in total. The molecular formula is C21H30N6O2S. The fraction of sp³-hybridized carbons (Fsp3) is 0.619. The minimum atomic E-state index is -0.0364. The van der Waals surface area contributed by atoms with Gasteiger partial charge in [-0.05, 0) is 43.7 Å². The molecule has 0 radical (unpaired) electrons. The van der Waals surface area contributed by atoms with Gasteiger partial charge in [0.15, 0.2) is 5.16 Å². The van der Waals surface area contributed by atoms with Gasteiger partial charge in [0.1, 0.15) is 0 Å². The van der Waals surface area contributed by atoms with E-state index in [4.69, 9.17) is 4.74 Å². The molecule has 1 unspecified atom stereocenters. The Morgan fingerprint density at radius 2 is 2.13 bits per heavy atom. The number of ether oxygens (including phenoxy) is 1. The van der Waals surface area contributed by atoms with Gasteiger partial charge in [-0.25, -0.2) is 0 Å². The summed E-state index contributed by atoms with van der Waals surface area (Å²) in [5, 5.41) is 12.6. The van der Waals surface area contributed by atoms with Crippen molar-refractivity contribution in [1.82, 2.24) is 25.1 Å². The SMILES string of the molecule is CC1CCN(c2nnc(SCC(=O)NCc3ccccn3)n2CC2CCCO2)CC1. The van der Waals surface area contributed by atoms with E-state index in [1.165, 1.54) is 24.6 Å². The third-order valence-corrected chi connectivity index (χ3v) is 6.67. The molecule has 2 aliphatic rings. The number of thioether (sulfide) groups is 1. The summed E-state index contributed by atoms with van der Waals surface area (Å²) in [5.74, 6) is 1.93. The Kier molecular flexibility index (Phi) is 7.22. The number of nitrogens with zero attached hydrogens (tertiary/aromatic N) is 5. The molecule has 4 heterocycles. The van der Waals surface area contributed by atoms with E-state index >= 15 is 0 Å². The highest BCUT2D eigenvalue weighted by atomic mass is 32.2. The highest BCUT2D eigenvalue weighted by Gasteiger charge is 2.26. The first kappa shape index (κ1) is 21.1. The molecule has 9 heteroatoms. The topological polar surface area (TPSA) is 85.2 Å². The summed E-state index contributed by atoms with van der Waals surface area (Å²) >= 11 is 1.43. The van der Waals surface area contributed by atoms with Crippen molar-refractivity contribution in [1.29, 1.82) is 0 Å². The molecule has 162 valence electrons. The third kappa shape index (κ3) is 5.51. The van der Waals surface area contributed by atoms with Crippen LogP contribution >= 0.6 is 11.8 Å². The van der Waals surface area contributed by atoms with Gasteiger partial charge in [0.05, 0.1) is 30.6 Å². The van der Waals surface area contributed by atoms with E-state index in [0.29, 0.717) is 12.3 Å². The fourth-order valence-electron chi connectivity index (χ4n) is 3.86. The monoisotopic (exact) mass is 430 g/mol. The van der Waals surface area contributed by atoms with Crippen molar-refractivity contribution in [3.8, 4) is 0 Å². The Hall–Kier alpha value is -2.13. The number of carbonyl (C=O) groups excluding carboxylic acids is 1. The Labute approximate surface area is 181 Å². The summed E-state index contributed by atoms with van der Waals surface area (Å²) in [7, 11) is 0. The molecule has 0 spiro atoms. The molecule has 2 aromatic heterocycles. The molecule has 0 saturated carbocycles. The Morgan fingerprint density at radius 3 is 2.87 bits per heavy atom. The Bertz CT molecular complexity index is 816. The number of nitrogens with one attached hydrogen (secondary N) is 1. The minimum Gasteiger partial charge on any atom is -0.376 e. The van der Waals surface area contributed by atoms with Crippen molar-refractivity contribution >= 4 is 23.6 Å². The average molecular weight is 431 g/mol. The Morgan fingerprint density at radius 1 is 1.27 bits per heavy atom. The van der Waals surface area contributed by atoms with E-state index in [0.717, 1.165) is 61.8 Å². The first-order valence-corrected chi connectivity index (χ1v) is 11.8. The van der Waals surface area contributed by atoms with Crippen molar-refractivity contribution < 1.29 is 9.53 Å². The van der Waals surface area contributed by atoms with Gasteiger partial charge in [0, 0.05) is 25.9 Å². The molecule has 8 nitrogen and oxygen atoms in total. The molecule has 0 bridgehead atoms. The van der Waals surface area contributed by atoms with Crippen LogP contribution in [0.25, 0.3) is 0 Å². The van der Waals surface area contributed by atoms with Crippen LogP contribution in [0.5, 0.6) is 0 Å². The minimum absolute atomic E-state index is 0.0364. The van der Waals surface area contributed by atoms with E-state index in [1.54, 1.807) is 6.20 Å². The van der Waals surface area contributed by atoms with Crippen LogP contribution in [-0.2, 0) is 22.6 Å². The lowest BCUT2D eigenvalue weighted by atomic mass is 10.00. The Balaban J connectivity index is 1.39. The van der Waals surface area contributed by atoms with E-state index in [2.05, 4.69) is 36.9 Å². The number of amides is 1. The van der Waals surface area contributed by atoms with Crippen LogP contribution in [0.3, 0.4) is 0 Å². The van der Waals surface area contributed by atoms with Gasteiger partial charge in [-0.2, -0.15) is 0 Å². The second kappa shape index (κ2) is 10.3. The molecule has 0 aromatic carbocycles. The maximum atomic E-state index is 12.3. The summed E-state index contributed by atoms with van der Waals surface area (Å²) in [4.78, 5) is 18.9. The number of carbonyl (C=O) groups is 1. The largest absolute Gasteiger partial charge is 0.376 e. The van der Waals surface area contributed by atoms with Crippen molar-refractivity contribution in [3.63, 3.8) is 0 Å². The number of rotatable bonds is 8. The summed E-state index contributed by atoms with van der Waals surface area (Å²) in [6.45, 7) is 6.30. The van der Waals surface area contributed by atoms with Crippen LogP contribution in [0.15, 0.2) is 29.6 Å². The van der Waals surface area contributed by atoms with Gasteiger partial charge in [0.2, 0.25) is 11.9 Å². The maximum Gasteiger partial charge on any atom is 0.230 e. The van der Waals surface area contributed by atoms with Crippen molar-refractivity contribution in [2.24, 2.45) is 5.92 Å². The number of hydrogen-bond acceptors (Lipinski definition) is 7. The van der Waals surface area contributed by atoms with E-state index in [1.807, 2.05) is 18.2 Å². The van der Waals surface area contributed by atoms with Crippen LogP contribution in [-0.4, -0.2) is 57.2 Å². The lowest BCUT2D eigenvalue weighted by molar-refractivity contribution is -0.118. The number of anilines is 1. The first-order valence-electron chi connectivity index (χ1n) is 10.8. The molecule has 1 atom stereocenters. The van der Waals surface area contributed by atoms with Gasteiger partial charge in [0.25, 0.3) is 0 Å². The second-order valence-corrected chi connectivity index (χ2v) is 9.03.